The molecule has 4 amide bonds. The molecule has 1 aromatic carbocycles. The van der Waals surface area contributed by atoms with Crippen molar-refractivity contribution in [3.05, 3.63) is 24.3 Å². The van der Waals surface area contributed by atoms with Crippen molar-refractivity contribution >= 4 is 29.4 Å². The maximum Gasteiger partial charge on any atom is 0.411 e. The predicted molar refractivity (Wildman–Crippen MR) is 92.0 cm³/mol. The van der Waals surface area contributed by atoms with Gasteiger partial charge in [0.25, 0.3) is 0 Å². The Morgan fingerprint density at radius 3 is 2.12 bits per heavy atom. The zero-order valence-electron chi connectivity index (χ0n) is 14.1. The number of benzene rings is 1. The molecule has 4 N–H and O–H groups in total. The minimum atomic E-state index is -0.539. The van der Waals surface area contributed by atoms with Gasteiger partial charge in [-0.2, -0.15) is 0 Å². The molecule has 0 atom stereocenters. The summed E-state index contributed by atoms with van der Waals surface area (Å²) in [5.41, 5.74) is 1.08. The molecule has 0 aromatic heterocycles. The van der Waals surface area contributed by atoms with E-state index in [-0.39, 0.29) is 19.1 Å². The first-order valence-corrected chi connectivity index (χ1v) is 7.76. The monoisotopic (exact) mass is 336 g/mol. The van der Waals surface area contributed by atoms with Gasteiger partial charge in [0.1, 0.15) is 0 Å². The number of ether oxygens (including phenoxy) is 1. The summed E-state index contributed by atoms with van der Waals surface area (Å²) in [6.45, 7) is 6.45. The second-order valence-corrected chi connectivity index (χ2v) is 5.43. The standard InChI is InChI=1S/C16H24N4O4/c1-4-24-16(23)20-13-7-5-12(6-8-13)19-15(22)18-10-14(21)17-9-11(2)3/h5-8,11H,4,9-10H2,1-3H3,(H,17,21)(H,20,23)(H2,18,19,22). The van der Waals surface area contributed by atoms with E-state index in [1.165, 1.54) is 0 Å². The lowest BCUT2D eigenvalue weighted by Crippen LogP contribution is -2.39. The van der Waals surface area contributed by atoms with Crippen LogP contribution >= 0.6 is 0 Å². The van der Waals surface area contributed by atoms with E-state index in [1.54, 1.807) is 31.2 Å². The van der Waals surface area contributed by atoms with Crippen LogP contribution in [0.1, 0.15) is 20.8 Å². The summed E-state index contributed by atoms with van der Waals surface area (Å²) in [6.07, 6.45) is -0.539. The maximum atomic E-state index is 11.7. The molecule has 24 heavy (non-hydrogen) atoms. The van der Waals surface area contributed by atoms with Crippen molar-refractivity contribution in [1.29, 1.82) is 0 Å². The van der Waals surface area contributed by atoms with Crippen LogP contribution in [0.25, 0.3) is 0 Å². The zero-order valence-corrected chi connectivity index (χ0v) is 14.1. The molecule has 1 aromatic rings. The average Bonchev–Trinajstić information content (AvgIpc) is 2.53. The second kappa shape index (κ2) is 10.1. The fourth-order valence-corrected chi connectivity index (χ4v) is 1.64. The summed E-state index contributed by atoms with van der Waals surface area (Å²) in [7, 11) is 0. The van der Waals surface area contributed by atoms with E-state index in [0.717, 1.165) is 0 Å². The molecule has 8 heteroatoms. The summed E-state index contributed by atoms with van der Waals surface area (Å²) in [5, 5.41) is 10.3. The molecule has 1 rings (SSSR count). The van der Waals surface area contributed by atoms with Gasteiger partial charge in [-0.05, 0) is 37.1 Å². The molecule has 132 valence electrons. The summed E-state index contributed by atoms with van der Waals surface area (Å²) in [5.74, 6) is 0.109. The van der Waals surface area contributed by atoms with E-state index in [0.29, 0.717) is 23.8 Å². The van der Waals surface area contributed by atoms with Gasteiger partial charge < -0.3 is 20.7 Å². The molecule has 0 aliphatic rings. The van der Waals surface area contributed by atoms with Gasteiger partial charge in [-0.3, -0.25) is 10.1 Å². The van der Waals surface area contributed by atoms with Gasteiger partial charge in [0.15, 0.2) is 0 Å². The molecule has 8 nitrogen and oxygen atoms in total. The highest BCUT2D eigenvalue weighted by molar-refractivity contribution is 5.92. The molecule has 0 heterocycles. The number of carbonyl (C=O) groups is 3. The molecular formula is C16H24N4O4. The van der Waals surface area contributed by atoms with Crippen molar-refractivity contribution in [2.75, 3.05) is 30.3 Å². The topological polar surface area (TPSA) is 109 Å². The van der Waals surface area contributed by atoms with Crippen molar-refractivity contribution in [3.8, 4) is 0 Å². The molecule has 0 saturated carbocycles. The Balaban J connectivity index is 2.36. The number of nitrogens with one attached hydrogen (secondary N) is 4. The number of hydrogen-bond donors (Lipinski definition) is 4. The Morgan fingerprint density at radius 2 is 1.58 bits per heavy atom. The molecule has 0 unspecified atom stereocenters. The van der Waals surface area contributed by atoms with Crippen molar-refractivity contribution in [3.63, 3.8) is 0 Å². The Kier molecular flexibility index (Phi) is 8.10. The highest BCUT2D eigenvalue weighted by Gasteiger charge is 2.07. The van der Waals surface area contributed by atoms with E-state index < -0.39 is 12.1 Å². The normalized spacial score (nSPS) is 10.0. The molecule has 0 bridgehead atoms. The Labute approximate surface area is 141 Å². The largest absolute Gasteiger partial charge is 0.450 e. The van der Waals surface area contributed by atoms with E-state index in [2.05, 4.69) is 21.3 Å². The van der Waals surface area contributed by atoms with Crippen LogP contribution in [0.15, 0.2) is 24.3 Å². The number of amides is 4. The fraction of sp³-hybridized carbons (Fsp3) is 0.438. The van der Waals surface area contributed by atoms with E-state index in [9.17, 15) is 14.4 Å². The van der Waals surface area contributed by atoms with Crippen LogP contribution < -0.4 is 21.3 Å². The van der Waals surface area contributed by atoms with Crippen LogP contribution in [-0.4, -0.2) is 37.7 Å². The van der Waals surface area contributed by atoms with E-state index >= 15 is 0 Å². The Morgan fingerprint density at radius 1 is 1.00 bits per heavy atom. The van der Waals surface area contributed by atoms with Gasteiger partial charge in [0.05, 0.1) is 13.2 Å². The maximum absolute atomic E-state index is 11.7. The van der Waals surface area contributed by atoms with Crippen LogP contribution in [0.5, 0.6) is 0 Å². The van der Waals surface area contributed by atoms with Crippen LogP contribution in [0.2, 0.25) is 0 Å². The molecule has 0 fully saturated rings. The van der Waals surface area contributed by atoms with E-state index in [4.69, 9.17) is 4.74 Å². The van der Waals surface area contributed by atoms with E-state index in [1.807, 2.05) is 13.8 Å². The lowest BCUT2D eigenvalue weighted by atomic mass is 10.2. The smallest absolute Gasteiger partial charge is 0.411 e. The van der Waals surface area contributed by atoms with Crippen LogP contribution in [0, 0.1) is 5.92 Å². The molecular weight excluding hydrogens is 312 g/mol. The third kappa shape index (κ3) is 8.02. The van der Waals surface area contributed by atoms with Gasteiger partial charge in [-0.15, -0.1) is 0 Å². The summed E-state index contributed by atoms with van der Waals surface area (Å²) < 4.78 is 4.76. The molecule has 0 spiro atoms. The van der Waals surface area contributed by atoms with Crippen LogP contribution in [0.4, 0.5) is 21.0 Å². The minimum Gasteiger partial charge on any atom is -0.450 e. The first-order valence-electron chi connectivity index (χ1n) is 7.76. The Hall–Kier alpha value is -2.77. The van der Waals surface area contributed by atoms with Crippen molar-refractivity contribution in [2.45, 2.75) is 20.8 Å². The lowest BCUT2D eigenvalue weighted by molar-refractivity contribution is -0.120. The summed E-state index contributed by atoms with van der Waals surface area (Å²) in [4.78, 5) is 34.5. The van der Waals surface area contributed by atoms with Gasteiger partial charge in [-0.1, -0.05) is 13.8 Å². The third-order valence-electron chi connectivity index (χ3n) is 2.78. The van der Waals surface area contributed by atoms with Gasteiger partial charge in [0.2, 0.25) is 5.91 Å². The van der Waals surface area contributed by atoms with Crippen molar-refractivity contribution in [2.24, 2.45) is 5.92 Å². The third-order valence-corrected chi connectivity index (χ3v) is 2.78. The van der Waals surface area contributed by atoms with Gasteiger partial charge in [-0.25, -0.2) is 9.59 Å². The number of hydrogen-bond acceptors (Lipinski definition) is 4. The molecule has 0 radical (unpaired) electrons. The first kappa shape index (κ1) is 19.3. The summed E-state index contributed by atoms with van der Waals surface area (Å²) in [6, 6.07) is 6.02. The molecule has 0 aliphatic carbocycles. The lowest BCUT2D eigenvalue weighted by Gasteiger charge is -2.10. The van der Waals surface area contributed by atoms with Gasteiger partial charge >= 0.3 is 12.1 Å². The average molecular weight is 336 g/mol. The zero-order chi connectivity index (χ0) is 17.9. The first-order chi connectivity index (χ1) is 11.4. The van der Waals surface area contributed by atoms with Crippen molar-refractivity contribution in [1.82, 2.24) is 10.6 Å². The quantitative estimate of drug-likeness (QED) is 0.612. The second-order valence-electron chi connectivity index (χ2n) is 5.43. The molecule has 0 saturated heterocycles. The number of carbonyl (C=O) groups excluding carboxylic acids is 3. The van der Waals surface area contributed by atoms with Crippen LogP contribution in [0.3, 0.4) is 0 Å². The Bertz CT molecular complexity index is 558. The highest BCUT2D eigenvalue weighted by Crippen LogP contribution is 2.13. The number of urea groups is 1. The summed E-state index contributed by atoms with van der Waals surface area (Å²) >= 11 is 0. The predicted octanol–water partition coefficient (Wildman–Crippen LogP) is 2.15. The van der Waals surface area contributed by atoms with Gasteiger partial charge in [0, 0.05) is 17.9 Å². The number of rotatable bonds is 7. The minimum absolute atomic E-state index is 0.0962. The fourth-order valence-electron chi connectivity index (χ4n) is 1.64. The molecule has 0 aliphatic heterocycles. The highest BCUT2D eigenvalue weighted by atomic mass is 16.5. The van der Waals surface area contributed by atoms with Crippen LogP contribution in [-0.2, 0) is 9.53 Å². The SMILES string of the molecule is CCOC(=O)Nc1ccc(NC(=O)NCC(=O)NCC(C)C)cc1. The van der Waals surface area contributed by atoms with Crippen molar-refractivity contribution < 1.29 is 19.1 Å². The number of anilines is 2.